The summed E-state index contributed by atoms with van der Waals surface area (Å²) in [5.41, 5.74) is 6.43. The van der Waals surface area contributed by atoms with E-state index in [-0.39, 0.29) is 11.8 Å². The summed E-state index contributed by atoms with van der Waals surface area (Å²) >= 11 is 0. The van der Waals surface area contributed by atoms with Crippen LogP contribution in [-0.2, 0) is 16.0 Å². The van der Waals surface area contributed by atoms with Crippen LogP contribution in [0.2, 0.25) is 0 Å². The first-order valence-corrected chi connectivity index (χ1v) is 7.23. The van der Waals surface area contributed by atoms with E-state index in [1.165, 1.54) is 5.56 Å². The van der Waals surface area contributed by atoms with Gasteiger partial charge in [-0.1, -0.05) is 24.3 Å². The van der Waals surface area contributed by atoms with Crippen LogP contribution in [-0.4, -0.2) is 17.6 Å². The van der Waals surface area contributed by atoms with Crippen molar-refractivity contribution in [3.63, 3.8) is 0 Å². The largest absolute Gasteiger partial charge is 0.443 e. The Morgan fingerprint density at radius 2 is 1.90 bits per heavy atom. The topological polar surface area (TPSA) is 67.4 Å². The molecule has 2 rings (SSSR count). The number of amides is 2. The summed E-state index contributed by atoms with van der Waals surface area (Å²) in [5, 5.41) is 0. The van der Waals surface area contributed by atoms with E-state index in [0.717, 1.165) is 24.8 Å². The zero-order valence-corrected chi connectivity index (χ0v) is 12.7. The third kappa shape index (κ3) is 4.21. The molecule has 1 aromatic carbocycles. The fourth-order valence-electron chi connectivity index (χ4n) is 2.53. The number of nitrogens with one attached hydrogen (secondary N) is 2. The molecule has 5 heteroatoms. The van der Waals surface area contributed by atoms with Crippen molar-refractivity contribution in [1.29, 1.82) is 0 Å². The highest BCUT2D eigenvalue weighted by Crippen LogP contribution is 2.31. The van der Waals surface area contributed by atoms with E-state index in [1.807, 2.05) is 18.2 Å². The second-order valence-electron chi connectivity index (χ2n) is 6.26. The molecule has 0 aromatic heterocycles. The van der Waals surface area contributed by atoms with Crippen molar-refractivity contribution in [2.45, 2.75) is 51.6 Å². The molecule has 5 nitrogen and oxygen atoms in total. The molecule has 1 aromatic rings. The van der Waals surface area contributed by atoms with Crippen LogP contribution in [0.1, 0.15) is 50.7 Å². The number of ether oxygens (including phenoxy) is 1. The Morgan fingerprint density at radius 3 is 2.62 bits per heavy atom. The highest BCUT2D eigenvalue weighted by Gasteiger charge is 2.26. The van der Waals surface area contributed by atoms with Crippen molar-refractivity contribution in [3.05, 3.63) is 35.4 Å². The van der Waals surface area contributed by atoms with Gasteiger partial charge >= 0.3 is 6.09 Å². The summed E-state index contributed by atoms with van der Waals surface area (Å²) in [7, 11) is 0. The van der Waals surface area contributed by atoms with Gasteiger partial charge in [-0.3, -0.25) is 10.2 Å². The number of benzene rings is 1. The maximum absolute atomic E-state index is 12.2. The van der Waals surface area contributed by atoms with Crippen molar-refractivity contribution >= 4 is 12.0 Å². The van der Waals surface area contributed by atoms with Crippen LogP contribution < -0.4 is 10.9 Å². The average Bonchev–Trinajstić information content (AvgIpc) is 2.42. The van der Waals surface area contributed by atoms with E-state index >= 15 is 0 Å². The molecule has 114 valence electrons. The van der Waals surface area contributed by atoms with E-state index in [2.05, 4.69) is 16.9 Å². The molecule has 0 bridgehead atoms. The third-order valence-corrected chi connectivity index (χ3v) is 3.37. The number of fused-ring (bicyclic) bond motifs is 1. The van der Waals surface area contributed by atoms with Gasteiger partial charge in [0.25, 0.3) is 0 Å². The molecule has 0 saturated carbocycles. The smallest absolute Gasteiger partial charge is 0.426 e. The first kappa shape index (κ1) is 15.4. The molecule has 1 aliphatic rings. The van der Waals surface area contributed by atoms with Gasteiger partial charge in [-0.15, -0.1) is 0 Å². The zero-order chi connectivity index (χ0) is 15.5. The number of hydrogen-bond donors (Lipinski definition) is 2. The molecule has 0 spiro atoms. The van der Waals surface area contributed by atoms with Crippen LogP contribution >= 0.6 is 0 Å². The summed E-state index contributed by atoms with van der Waals surface area (Å²) in [6.45, 7) is 5.31. The normalized spacial score (nSPS) is 17.6. The second-order valence-corrected chi connectivity index (χ2v) is 6.26. The second kappa shape index (κ2) is 6.16. The van der Waals surface area contributed by atoms with Gasteiger partial charge in [0.05, 0.1) is 5.92 Å². The number of carbonyl (C=O) groups is 2. The number of rotatable bonds is 1. The first-order chi connectivity index (χ1) is 9.87. The fourth-order valence-corrected chi connectivity index (χ4v) is 2.53. The van der Waals surface area contributed by atoms with Gasteiger partial charge in [0.1, 0.15) is 5.60 Å². The van der Waals surface area contributed by atoms with E-state index in [4.69, 9.17) is 4.74 Å². The molecule has 1 aliphatic carbocycles. The summed E-state index contributed by atoms with van der Waals surface area (Å²) in [4.78, 5) is 23.8. The van der Waals surface area contributed by atoms with Crippen LogP contribution in [0.25, 0.3) is 0 Å². The minimum absolute atomic E-state index is 0.201. The zero-order valence-electron chi connectivity index (χ0n) is 12.7. The van der Waals surface area contributed by atoms with Crippen LogP contribution in [0.5, 0.6) is 0 Å². The van der Waals surface area contributed by atoms with E-state index in [9.17, 15) is 9.59 Å². The molecule has 2 N–H and O–H groups in total. The fraction of sp³-hybridized carbons (Fsp3) is 0.500. The highest BCUT2D eigenvalue weighted by molar-refractivity contribution is 5.85. The van der Waals surface area contributed by atoms with Crippen molar-refractivity contribution in [3.8, 4) is 0 Å². The first-order valence-electron chi connectivity index (χ1n) is 7.23. The monoisotopic (exact) mass is 290 g/mol. The van der Waals surface area contributed by atoms with Gasteiger partial charge in [0.2, 0.25) is 5.91 Å². The Kier molecular flexibility index (Phi) is 4.50. The van der Waals surface area contributed by atoms with Gasteiger partial charge in [-0.05, 0) is 51.2 Å². The Bertz CT molecular complexity index is 535. The Labute approximate surface area is 125 Å². The predicted octanol–water partition coefficient (Wildman–Crippen LogP) is 2.66. The highest BCUT2D eigenvalue weighted by atomic mass is 16.6. The molecular weight excluding hydrogens is 268 g/mol. The molecule has 0 radical (unpaired) electrons. The van der Waals surface area contributed by atoms with Gasteiger partial charge in [-0.2, -0.15) is 0 Å². The summed E-state index contributed by atoms with van der Waals surface area (Å²) in [6.07, 6.45) is 2.11. The van der Waals surface area contributed by atoms with Gasteiger partial charge in [-0.25, -0.2) is 10.2 Å². The lowest BCUT2D eigenvalue weighted by molar-refractivity contribution is -0.123. The number of hydrogen-bond acceptors (Lipinski definition) is 3. The molecule has 21 heavy (non-hydrogen) atoms. The predicted molar refractivity (Wildman–Crippen MR) is 79.6 cm³/mol. The van der Waals surface area contributed by atoms with Gasteiger partial charge in [0.15, 0.2) is 0 Å². The minimum atomic E-state index is -0.653. The third-order valence-electron chi connectivity index (χ3n) is 3.37. The van der Waals surface area contributed by atoms with Crippen LogP contribution in [0.15, 0.2) is 24.3 Å². The van der Waals surface area contributed by atoms with Crippen LogP contribution in [0, 0.1) is 0 Å². The number of aryl methyl sites for hydroxylation is 1. The lowest BCUT2D eigenvalue weighted by Gasteiger charge is -2.25. The van der Waals surface area contributed by atoms with E-state index < -0.39 is 11.7 Å². The van der Waals surface area contributed by atoms with Gasteiger partial charge in [0, 0.05) is 0 Å². The molecule has 2 amide bonds. The Hall–Kier alpha value is -2.04. The minimum Gasteiger partial charge on any atom is -0.443 e. The summed E-state index contributed by atoms with van der Waals surface area (Å²) < 4.78 is 5.08. The molecule has 0 saturated heterocycles. The molecular formula is C16H22N2O3. The Morgan fingerprint density at radius 1 is 1.19 bits per heavy atom. The quantitative estimate of drug-likeness (QED) is 0.781. The average molecular weight is 290 g/mol. The van der Waals surface area contributed by atoms with Gasteiger partial charge < -0.3 is 4.74 Å². The lowest BCUT2D eigenvalue weighted by atomic mass is 9.82. The number of carbonyl (C=O) groups excluding carboxylic acids is 2. The van der Waals surface area contributed by atoms with Crippen LogP contribution in [0.3, 0.4) is 0 Å². The molecule has 0 aliphatic heterocycles. The van der Waals surface area contributed by atoms with Crippen molar-refractivity contribution in [2.75, 3.05) is 0 Å². The van der Waals surface area contributed by atoms with Crippen molar-refractivity contribution in [1.82, 2.24) is 10.9 Å². The molecule has 1 unspecified atom stereocenters. The van der Waals surface area contributed by atoms with E-state index in [1.54, 1.807) is 20.8 Å². The van der Waals surface area contributed by atoms with Crippen molar-refractivity contribution < 1.29 is 14.3 Å². The Balaban J connectivity index is 1.95. The lowest BCUT2D eigenvalue weighted by Crippen LogP contribution is -2.46. The standard InChI is InChI=1S/C16H22N2O3/c1-16(2,3)21-15(20)18-17-14(19)13-10-6-8-11-7-4-5-9-12(11)13/h4-5,7,9,13H,6,8,10H2,1-3H3,(H,17,19)(H,18,20). The SMILES string of the molecule is CC(C)(C)OC(=O)NNC(=O)C1CCCc2ccccc21. The molecule has 0 heterocycles. The molecule has 0 fully saturated rings. The van der Waals surface area contributed by atoms with Crippen molar-refractivity contribution in [2.24, 2.45) is 0 Å². The maximum Gasteiger partial charge on any atom is 0.426 e. The van der Waals surface area contributed by atoms with E-state index in [0.29, 0.717) is 0 Å². The number of hydrazine groups is 1. The summed E-state index contributed by atoms with van der Waals surface area (Å²) in [5.74, 6) is -0.419. The molecule has 1 atom stereocenters. The van der Waals surface area contributed by atoms with Crippen LogP contribution in [0.4, 0.5) is 4.79 Å². The maximum atomic E-state index is 12.2. The summed E-state index contributed by atoms with van der Waals surface area (Å²) in [6, 6.07) is 7.95.